The van der Waals surface area contributed by atoms with E-state index in [9.17, 15) is 18.1 Å². The predicted octanol–water partition coefficient (Wildman–Crippen LogP) is 6.44. The first kappa shape index (κ1) is 24.0. The smallest absolute Gasteiger partial charge is 0.298 e. The second kappa shape index (κ2) is 13.2. The Morgan fingerprint density at radius 2 is 1.22 bits per heavy atom. The van der Waals surface area contributed by atoms with Crippen molar-refractivity contribution in [3.63, 3.8) is 0 Å². The molecule has 0 aliphatic heterocycles. The molecule has 0 aliphatic carbocycles. The van der Waals surface area contributed by atoms with Gasteiger partial charge in [-0.3, -0.25) is 4.55 Å². The number of benzene rings is 1. The molecule has 0 fully saturated rings. The maximum absolute atomic E-state index is 11.7. The minimum Gasteiger partial charge on any atom is -0.506 e. The van der Waals surface area contributed by atoms with Crippen LogP contribution in [-0.2, 0) is 23.0 Å². The van der Waals surface area contributed by atoms with E-state index in [2.05, 4.69) is 13.8 Å². The molecule has 0 spiro atoms. The van der Waals surface area contributed by atoms with Crippen LogP contribution in [0.15, 0.2) is 17.0 Å². The van der Waals surface area contributed by atoms with E-state index < -0.39 is 10.1 Å². The molecule has 27 heavy (non-hydrogen) atoms. The summed E-state index contributed by atoms with van der Waals surface area (Å²) in [6.45, 7) is 4.38. The minimum atomic E-state index is -4.41. The maximum Gasteiger partial charge on any atom is 0.298 e. The monoisotopic (exact) mass is 398 g/mol. The Balaban J connectivity index is 2.70. The summed E-state index contributed by atoms with van der Waals surface area (Å²) in [5.74, 6) is -0.280. The molecule has 0 radical (unpaired) electrons. The first-order valence-corrected chi connectivity index (χ1v) is 12.2. The molecule has 4 nitrogen and oxygen atoms in total. The summed E-state index contributed by atoms with van der Waals surface area (Å²) >= 11 is 0. The Bertz CT molecular complexity index is 638. The van der Waals surface area contributed by atoms with Crippen molar-refractivity contribution in [3.05, 3.63) is 23.3 Å². The lowest BCUT2D eigenvalue weighted by Crippen LogP contribution is -2.03. The van der Waals surface area contributed by atoms with Gasteiger partial charge >= 0.3 is 0 Å². The van der Waals surface area contributed by atoms with Gasteiger partial charge in [0.05, 0.1) is 0 Å². The van der Waals surface area contributed by atoms with E-state index in [1.807, 2.05) is 6.07 Å². The first-order valence-electron chi connectivity index (χ1n) is 10.7. The number of aryl methyl sites for hydroxylation is 2. The molecule has 1 aromatic rings. The van der Waals surface area contributed by atoms with Crippen molar-refractivity contribution in [2.24, 2.45) is 0 Å². The summed E-state index contributed by atoms with van der Waals surface area (Å²) in [5.41, 5.74) is 1.53. The molecule has 0 amide bonds. The molecule has 0 aromatic heterocycles. The Kier molecular flexibility index (Phi) is 11.7. The van der Waals surface area contributed by atoms with Crippen molar-refractivity contribution < 1.29 is 18.1 Å². The fraction of sp³-hybridized carbons (Fsp3) is 0.727. The highest BCUT2D eigenvalue weighted by molar-refractivity contribution is 7.86. The molecule has 2 N–H and O–H groups in total. The molecule has 5 heteroatoms. The van der Waals surface area contributed by atoms with Crippen molar-refractivity contribution in [3.8, 4) is 5.75 Å². The van der Waals surface area contributed by atoms with E-state index in [-0.39, 0.29) is 10.6 Å². The van der Waals surface area contributed by atoms with Crippen molar-refractivity contribution in [2.45, 2.75) is 109 Å². The van der Waals surface area contributed by atoms with Gasteiger partial charge in [0.15, 0.2) is 0 Å². The molecule has 0 atom stereocenters. The second-order valence-electron chi connectivity index (χ2n) is 7.61. The normalized spacial score (nSPS) is 11.8. The molecule has 1 rings (SSSR count). The lowest BCUT2D eigenvalue weighted by Gasteiger charge is -2.12. The fourth-order valence-electron chi connectivity index (χ4n) is 3.47. The highest BCUT2D eigenvalue weighted by atomic mass is 32.2. The fourth-order valence-corrected chi connectivity index (χ4v) is 4.14. The zero-order valence-corrected chi connectivity index (χ0v) is 18.0. The van der Waals surface area contributed by atoms with Crippen LogP contribution in [0.4, 0.5) is 0 Å². The van der Waals surface area contributed by atoms with Crippen LogP contribution in [0.5, 0.6) is 5.75 Å². The highest BCUT2D eigenvalue weighted by Crippen LogP contribution is 2.31. The lowest BCUT2D eigenvalue weighted by atomic mass is 9.99. The summed E-state index contributed by atoms with van der Waals surface area (Å²) in [4.78, 5) is -0.341. The number of aromatic hydroxyl groups is 1. The van der Waals surface area contributed by atoms with E-state index in [0.717, 1.165) is 44.1 Å². The number of rotatable bonds is 15. The van der Waals surface area contributed by atoms with Crippen molar-refractivity contribution in [1.29, 1.82) is 0 Å². The summed E-state index contributed by atoms with van der Waals surface area (Å²) in [6.07, 6.45) is 15.3. The standard InChI is InChI=1S/C22H38O4S/c1-3-5-7-9-11-13-15-19-17-20(16-14-12-10-8-6-4-2)22(23)21(18-19)27(24,25)26/h17-18,23H,3-16H2,1-2H3,(H,24,25,26). The molecule has 0 saturated heterocycles. The van der Waals surface area contributed by atoms with E-state index in [4.69, 9.17) is 0 Å². The molecule has 0 saturated carbocycles. The van der Waals surface area contributed by atoms with Gasteiger partial charge in [0.25, 0.3) is 10.1 Å². The average Bonchev–Trinajstić information content (AvgIpc) is 2.62. The van der Waals surface area contributed by atoms with E-state index in [1.54, 1.807) is 0 Å². The van der Waals surface area contributed by atoms with Gasteiger partial charge < -0.3 is 5.11 Å². The number of phenols is 1. The van der Waals surface area contributed by atoms with Gasteiger partial charge in [-0.15, -0.1) is 0 Å². The van der Waals surface area contributed by atoms with Gasteiger partial charge in [-0.1, -0.05) is 84.1 Å². The van der Waals surface area contributed by atoms with Crippen LogP contribution in [0.2, 0.25) is 0 Å². The van der Waals surface area contributed by atoms with Crippen LogP contribution in [0, 0.1) is 0 Å². The zero-order valence-electron chi connectivity index (χ0n) is 17.2. The van der Waals surface area contributed by atoms with Gasteiger partial charge in [0.1, 0.15) is 10.6 Å². The maximum atomic E-state index is 11.7. The number of hydrogen-bond donors (Lipinski definition) is 2. The van der Waals surface area contributed by atoms with Crippen LogP contribution >= 0.6 is 0 Å². The van der Waals surface area contributed by atoms with Crippen molar-refractivity contribution >= 4 is 10.1 Å². The molecule has 0 heterocycles. The molecular weight excluding hydrogens is 360 g/mol. The Morgan fingerprint density at radius 1 is 0.741 bits per heavy atom. The molecule has 0 bridgehead atoms. The molecule has 0 unspecified atom stereocenters. The quantitative estimate of drug-likeness (QED) is 0.263. The highest BCUT2D eigenvalue weighted by Gasteiger charge is 2.19. The minimum absolute atomic E-state index is 0.280. The molecule has 1 aromatic carbocycles. The van der Waals surface area contributed by atoms with Crippen LogP contribution < -0.4 is 0 Å². The summed E-state index contributed by atoms with van der Waals surface area (Å²) in [7, 11) is -4.41. The van der Waals surface area contributed by atoms with E-state index in [1.165, 1.54) is 51.0 Å². The van der Waals surface area contributed by atoms with E-state index >= 15 is 0 Å². The summed E-state index contributed by atoms with van der Waals surface area (Å²) < 4.78 is 32.8. The molecule has 156 valence electrons. The average molecular weight is 399 g/mol. The third kappa shape index (κ3) is 9.61. The van der Waals surface area contributed by atoms with Gasteiger partial charge in [-0.05, 0) is 42.9 Å². The van der Waals surface area contributed by atoms with Gasteiger partial charge in [-0.25, -0.2) is 0 Å². The molecule has 0 aliphatic rings. The predicted molar refractivity (Wildman–Crippen MR) is 112 cm³/mol. The summed E-state index contributed by atoms with van der Waals surface area (Å²) in [6, 6.07) is 3.35. The van der Waals surface area contributed by atoms with Gasteiger partial charge in [-0.2, -0.15) is 8.42 Å². The number of unbranched alkanes of at least 4 members (excludes halogenated alkanes) is 10. The zero-order chi connectivity index (χ0) is 20.1. The van der Waals surface area contributed by atoms with Gasteiger partial charge in [0, 0.05) is 0 Å². The Hall–Kier alpha value is -1.07. The Labute approximate surface area is 166 Å². The third-order valence-electron chi connectivity index (χ3n) is 5.11. The van der Waals surface area contributed by atoms with Crippen LogP contribution in [0.3, 0.4) is 0 Å². The Morgan fingerprint density at radius 3 is 1.74 bits per heavy atom. The topological polar surface area (TPSA) is 74.6 Å². The number of hydrogen-bond acceptors (Lipinski definition) is 3. The van der Waals surface area contributed by atoms with E-state index in [0.29, 0.717) is 12.0 Å². The van der Waals surface area contributed by atoms with Crippen molar-refractivity contribution in [2.75, 3.05) is 0 Å². The lowest BCUT2D eigenvalue weighted by molar-refractivity contribution is 0.436. The van der Waals surface area contributed by atoms with Crippen LogP contribution in [0.1, 0.15) is 102 Å². The van der Waals surface area contributed by atoms with Gasteiger partial charge in [0.2, 0.25) is 0 Å². The first-order chi connectivity index (χ1) is 12.9. The number of phenolic OH excluding ortho intramolecular Hbond substituents is 1. The second-order valence-corrected chi connectivity index (χ2v) is 9.00. The largest absolute Gasteiger partial charge is 0.506 e. The van der Waals surface area contributed by atoms with Crippen LogP contribution in [-0.4, -0.2) is 18.1 Å². The SMILES string of the molecule is CCCCCCCCc1cc(CCCCCCCC)c(O)c(S(=O)(=O)O)c1. The van der Waals surface area contributed by atoms with Crippen molar-refractivity contribution in [1.82, 2.24) is 0 Å². The molecular formula is C22H38O4S. The van der Waals surface area contributed by atoms with Crippen LogP contribution in [0.25, 0.3) is 0 Å². The summed E-state index contributed by atoms with van der Waals surface area (Å²) in [5, 5.41) is 10.3. The third-order valence-corrected chi connectivity index (χ3v) is 5.98.